The molecule has 0 fully saturated rings. The molecule has 0 heterocycles. The standard InChI is InChI=1S/C15H13ClFNO2/c16-13-6-5-12(7-14(13)17)15(20)18-8-10-1-3-11(9-19)4-2-10/h1-7,19H,8-9H2,(H,18,20). The lowest BCUT2D eigenvalue weighted by atomic mass is 10.1. The fourth-order valence-corrected chi connectivity index (χ4v) is 1.80. The largest absolute Gasteiger partial charge is 0.392 e. The van der Waals surface area contributed by atoms with Gasteiger partial charge in [0.05, 0.1) is 11.6 Å². The number of carbonyl (C=O) groups is 1. The van der Waals surface area contributed by atoms with Gasteiger partial charge in [-0.1, -0.05) is 35.9 Å². The van der Waals surface area contributed by atoms with Crippen LogP contribution in [0.3, 0.4) is 0 Å². The van der Waals surface area contributed by atoms with Gasteiger partial charge in [-0.3, -0.25) is 4.79 Å². The molecule has 0 saturated carbocycles. The first-order valence-electron chi connectivity index (χ1n) is 6.02. The summed E-state index contributed by atoms with van der Waals surface area (Å²) in [4.78, 5) is 11.8. The number of aliphatic hydroxyl groups excluding tert-OH is 1. The van der Waals surface area contributed by atoms with E-state index in [4.69, 9.17) is 16.7 Å². The normalized spacial score (nSPS) is 10.3. The topological polar surface area (TPSA) is 49.3 Å². The van der Waals surface area contributed by atoms with Gasteiger partial charge in [0.1, 0.15) is 5.82 Å². The van der Waals surface area contributed by atoms with Crippen molar-refractivity contribution in [3.63, 3.8) is 0 Å². The minimum atomic E-state index is -0.619. The van der Waals surface area contributed by atoms with Crippen molar-refractivity contribution >= 4 is 17.5 Å². The summed E-state index contributed by atoms with van der Waals surface area (Å²) in [5, 5.41) is 11.6. The summed E-state index contributed by atoms with van der Waals surface area (Å²) in [6.45, 7) is 0.311. The van der Waals surface area contributed by atoms with Gasteiger partial charge in [-0.15, -0.1) is 0 Å². The van der Waals surface area contributed by atoms with Gasteiger partial charge in [-0.05, 0) is 29.3 Å². The van der Waals surface area contributed by atoms with Gasteiger partial charge in [0.2, 0.25) is 0 Å². The molecule has 0 atom stereocenters. The molecule has 0 aliphatic carbocycles. The van der Waals surface area contributed by atoms with Crippen LogP contribution in [0.25, 0.3) is 0 Å². The highest BCUT2D eigenvalue weighted by Crippen LogP contribution is 2.15. The van der Waals surface area contributed by atoms with Crippen molar-refractivity contribution < 1.29 is 14.3 Å². The van der Waals surface area contributed by atoms with Gasteiger partial charge < -0.3 is 10.4 Å². The summed E-state index contributed by atoms with van der Waals surface area (Å²) in [5.74, 6) is -0.988. The van der Waals surface area contributed by atoms with Crippen molar-refractivity contribution in [3.8, 4) is 0 Å². The highest BCUT2D eigenvalue weighted by molar-refractivity contribution is 6.30. The smallest absolute Gasteiger partial charge is 0.251 e. The maximum absolute atomic E-state index is 13.3. The third kappa shape index (κ3) is 3.56. The van der Waals surface area contributed by atoms with Crippen LogP contribution >= 0.6 is 11.6 Å². The van der Waals surface area contributed by atoms with E-state index < -0.39 is 5.82 Å². The minimum absolute atomic E-state index is 0.0128. The SMILES string of the molecule is O=C(NCc1ccc(CO)cc1)c1ccc(Cl)c(F)c1. The summed E-state index contributed by atoms with van der Waals surface area (Å²) in [6, 6.07) is 11.1. The van der Waals surface area contributed by atoms with Crippen LogP contribution in [0.1, 0.15) is 21.5 Å². The molecule has 0 aliphatic heterocycles. The number of benzene rings is 2. The Morgan fingerprint density at radius 2 is 1.80 bits per heavy atom. The van der Waals surface area contributed by atoms with Gasteiger partial charge in [-0.2, -0.15) is 0 Å². The van der Waals surface area contributed by atoms with Crippen LogP contribution in [-0.2, 0) is 13.2 Å². The monoisotopic (exact) mass is 293 g/mol. The van der Waals surface area contributed by atoms with Crippen LogP contribution in [0.15, 0.2) is 42.5 Å². The lowest BCUT2D eigenvalue weighted by Gasteiger charge is -2.06. The molecule has 5 heteroatoms. The van der Waals surface area contributed by atoms with Crippen LogP contribution in [-0.4, -0.2) is 11.0 Å². The Labute approximate surface area is 121 Å². The second-order valence-corrected chi connectivity index (χ2v) is 4.69. The highest BCUT2D eigenvalue weighted by Gasteiger charge is 2.08. The predicted molar refractivity (Wildman–Crippen MR) is 74.9 cm³/mol. The molecule has 0 aromatic heterocycles. The first kappa shape index (κ1) is 14.5. The van der Waals surface area contributed by atoms with Crippen molar-refractivity contribution in [1.29, 1.82) is 0 Å². The Bertz CT molecular complexity index is 614. The molecule has 2 aromatic rings. The lowest BCUT2D eigenvalue weighted by Crippen LogP contribution is -2.22. The third-order valence-corrected chi connectivity index (χ3v) is 3.15. The van der Waals surface area contributed by atoms with Crippen molar-refractivity contribution in [2.45, 2.75) is 13.2 Å². The zero-order valence-electron chi connectivity index (χ0n) is 10.6. The van der Waals surface area contributed by atoms with Gasteiger partial charge in [0.15, 0.2) is 0 Å². The first-order valence-corrected chi connectivity index (χ1v) is 6.40. The van der Waals surface area contributed by atoms with E-state index in [-0.39, 0.29) is 23.1 Å². The van der Waals surface area contributed by atoms with Crippen LogP contribution in [0.2, 0.25) is 5.02 Å². The predicted octanol–water partition coefficient (Wildman–Crippen LogP) is 2.90. The Morgan fingerprint density at radius 3 is 2.40 bits per heavy atom. The molecular formula is C15H13ClFNO2. The molecule has 1 amide bonds. The summed E-state index contributed by atoms with van der Waals surface area (Å²) < 4.78 is 13.3. The van der Waals surface area contributed by atoms with E-state index in [2.05, 4.69) is 5.32 Å². The average molecular weight is 294 g/mol. The van der Waals surface area contributed by atoms with Crippen molar-refractivity contribution in [1.82, 2.24) is 5.32 Å². The molecule has 3 nitrogen and oxygen atoms in total. The number of carbonyl (C=O) groups excluding carboxylic acids is 1. The maximum Gasteiger partial charge on any atom is 0.251 e. The molecule has 104 valence electrons. The minimum Gasteiger partial charge on any atom is -0.392 e. The summed E-state index contributed by atoms with van der Waals surface area (Å²) in [5.41, 5.74) is 1.92. The van der Waals surface area contributed by atoms with E-state index in [0.29, 0.717) is 6.54 Å². The average Bonchev–Trinajstić information content (AvgIpc) is 2.48. The van der Waals surface area contributed by atoms with Crippen LogP contribution in [0.5, 0.6) is 0 Å². The second kappa shape index (κ2) is 6.50. The number of nitrogens with one attached hydrogen (secondary N) is 1. The van der Waals surface area contributed by atoms with Gasteiger partial charge in [0.25, 0.3) is 5.91 Å². The van der Waals surface area contributed by atoms with Crippen molar-refractivity contribution in [2.75, 3.05) is 0 Å². The third-order valence-electron chi connectivity index (χ3n) is 2.84. The number of rotatable bonds is 4. The van der Waals surface area contributed by atoms with E-state index in [1.807, 2.05) is 12.1 Å². The van der Waals surface area contributed by atoms with Crippen LogP contribution < -0.4 is 5.32 Å². The highest BCUT2D eigenvalue weighted by atomic mass is 35.5. The lowest BCUT2D eigenvalue weighted by molar-refractivity contribution is 0.0950. The quantitative estimate of drug-likeness (QED) is 0.910. The Balaban J connectivity index is 1.98. The van der Waals surface area contributed by atoms with E-state index >= 15 is 0 Å². The number of aliphatic hydroxyl groups is 1. The van der Waals surface area contributed by atoms with Gasteiger partial charge in [-0.25, -0.2) is 4.39 Å². The molecular weight excluding hydrogens is 281 g/mol. The van der Waals surface area contributed by atoms with E-state index in [1.165, 1.54) is 12.1 Å². The molecule has 0 unspecified atom stereocenters. The fraction of sp³-hybridized carbons (Fsp3) is 0.133. The zero-order valence-corrected chi connectivity index (χ0v) is 11.3. The summed E-state index contributed by atoms with van der Waals surface area (Å²) >= 11 is 5.56. The molecule has 0 saturated heterocycles. The van der Waals surface area contributed by atoms with Gasteiger partial charge in [0, 0.05) is 12.1 Å². The van der Waals surface area contributed by atoms with E-state index in [0.717, 1.165) is 17.2 Å². The van der Waals surface area contributed by atoms with Crippen molar-refractivity contribution in [2.24, 2.45) is 0 Å². The Hall–Kier alpha value is -1.91. The Morgan fingerprint density at radius 1 is 1.15 bits per heavy atom. The first-order chi connectivity index (χ1) is 9.60. The fourth-order valence-electron chi connectivity index (χ4n) is 1.68. The van der Waals surface area contributed by atoms with Crippen molar-refractivity contribution in [3.05, 3.63) is 70.0 Å². The molecule has 0 spiro atoms. The number of halogens is 2. The van der Waals surface area contributed by atoms with Crippen LogP contribution in [0, 0.1) is 5.82 Å². The second-order valence-electron chi connectivity index (χ2n) is 4.29. The maximum atomic E-state index is 13.3. The summed E-state index contributed by atoms with van der Waals surface area (Å²) in [7, 11) is 0. The molecule has 20 heavy (non-hydrogen) atoms. The van der Waals surface area contributed by atoms with Gasteiger partial charge >= 0.3 is 0 Å². The molecule has 2 rings (SSSR count). The van der Waals surface area contributed by atoms with E-state index in [1.54, 1.807) is 12.1 Å². The molecule has 2 N–H and O–H groups in total. The number of hydrogen-bond donors (Lipinski definition) is 2. The van der Waals surface area contributed by atoms with E-state index in [9.17, 15) is 9.18 Å². The number of amides is 1. The summed E-state index contributed by atoms with van der Waals surface area (Å²) in [6.07, 6.45) is 0. The molecule has 2 aromatic carbocycles. The number of hydrogen-bond acceptors (Lipinski definition) is 2. The van der Waals surface area contributed by atoms with Crippen LogP contribution in [0.4, 0.5) is 4.39 Å². The Kier molecular flexibility index (Phi) is 4.71. The molecule has 0 bridgehead atoms. The zero-order chi connectivity index (χ0) is 14.5. The molecule has 0 aliphatic rings. The molecule has 0 radical (unpaired) electrons.